The zero-order valence-corrected chi connectivity index (χ0v) is 11.0. The van der Waals surface area contributed by atoms with E-state index in [9.17, 15) is 9.59 Å². The van der Waals surface area contributed by atoms with Crippen molar-refractivity contribution < 1.29 is 29.3 Å². The van der Waals surface area contributed by atoms with E-state index in [1.165, 1.54) is 38.5 Å². The van der Waals surface area contributed by atoms with E-state index in [4.69, 9.17) is 10.2 Å². The van der Waals surface area contributed by atoms with Crippen molar-refractivity contribution >= 4 is 11.9 Å². The number of aliphatic hydroxyl groups excluding tert-OH is 2. The van der Waals surface area contributed by atoms with Crippen LogP contribution in [0.25, 0.3) is 0 Å². The van der Waals surface area contributed by atoms with Gasteiger partial charge in [-0.25, -0.2) is 9.59 Å². The highest BCUT2D eigenvalue weighted by Gasteiger charge is 2.08. The van der Waals surface area contributed by atoms with Gasteiger partial charge in [0.15, 0.2) is 0 Å². The van der Waals surface area contributed by atoms with Crippen molar-refractivity contribution in [1.82, 2.24) is 0 Å². The summed E-state index contributed by atoms with van der Waals surface area (Å²) in [5.74, 6) is -0.858. The summed E-state index contributed by atoms with van der Waals surface area (Å²) in [7, 11) is 2.60. The van der Waals surface area contributed by atoms with Crippen molar-refractivity contribution in [3.8, 4) is 0 Å². The van der Waals surface area contributed by atoms with Crippen LogP contribution in [0.5, 0.6) is 0 Å². The monoisotopic (exact) mass is 270 g/mol. The van der Waals surface area contributed by atoms with Crippen LogP contribution < -0.4 is 0 Å². The molecular weight excluding hydrogens is 252 g/mol. The zero-order chi connectivity index (χ0) is 14.7. The minimum Gasteiger partial charge on any atom is -0.465 e. The van der Waals surface area contributed by atoms with Crippen LogP contribution >= 0.6 is 0 Å². The smallest absolute Gasteiger partial charge is 0.337 e. The molecule has 0 saturated carbocycles. The van der Waals surface area contributed by atoms with Gasteiger partial charge in [0, 0.05) is 13.2 Å². The van der Waals surface area contributed by atoms with Crippen LogP contribution in [0.1, 0.15) is 27.1 Å². The van der Waals surface area contributed by atoms with Gasteiger partial charge in [0.05, 0.1) is 25.3 Å². The molecule has 0 unspecified atom stereocenters. The van der Waals surface area contributed by atoms with Crippen LogP contribution in [-0.2, 0) is 9.47 Å². The highest BCUT2D eigenvalue weighted by molar-refractivity contribution is 5.93. The number of benzene rings is 1. The minimum absolute atomic E-state index is 0.0938. The number of rotatable bonds is 4. The average molecular weight is 270 g/mol. The van der Waals surface area contributed by atoms with Gasteiger partial charge < -0.3 is 19.7 Å². The van der Waals surface area contributed by atoms with E-state index in [2.05, 4.69) is 9.47 Å². The summed E-state index contributed by atoms with van der Waals surface area (Å²) in [6.45, 7) is 0.188. The van der Waals surface area contributed by atoms with Crippen LogP contribution in [0.15, 0.2) is 24.3 Å². The maximum absolute atomic E-state index is 11.0. The van der Waals surface area contributed by atoms with Crippen molar-refractivity contribution in [2.75, 3.05) is 27.4 Å². The standard InChI is InChI=1S/C10H10O4.C3H8O2/c1-13-9(11)7-3-5-8(6-4-7)10(12)14-2;4-2-1-3-5/h3-6H,1-2H3;4-5H,1-3H2. The second-order valence-corrected chi connectivity index (χ2v) is 3.36. The lowest BCUT2D eigenvalue weighted by molar-refractivity contribution is 0.0586. The summed E-state index contributed by atoms with van der Waals surface area (Å²) in [6.07, 6.45) is 0.500. The molecule has 19 heavy (non-hydrogen) atoms. The molecule has 0 radical (unpaired) electrons. The Kier molecular flexibility index (Phi) is 9.03. The second kappa shape index (κ2) is 10.0. The Bertz CT molecular complexity index is 348. The van der Waals surface area contributed by atoms with Gasteiger partial charge in [-0.2, -0.15) is 0 Å². The first-order valence-corrected chi connectivity index (χ1v) is 5.59. The first-order chi connectivity index (χ1) is 9.10. The number of carbonyl (C=O) groups is 2. The largest absolute Gasteiger partial charge is 0.465 e. The molecule has 0 atom stereocenters. The van der Waals surface area contributed by atoms with E-state index in [-0.39, 0.29) is 13.2 Å². The third-order valence-corrected chi connectivity index (χ3v) is 2.04. The summed E-state index contributed by atoms with van der Waals surface area (Å²) in [6, 6.07) is 6.05. The number of hydrogen-bond donors (Lipinski definition) is 2. The Labute approximate surface area is 111 Å². The van der Waals surface area contributed by atoms with E-state index in [1.807, 2.05) is 0 Å². The van der Waals surface area contributed by atoms with Gasteiger partial charge in [-0.3, -0.25) is 0 Å². The molecule has 0 aliphatic heterocycles. The molecule has 0 saturated heterocycles. The molecule has 0 aliphatic carbocycles. The molecule has 0 spiro atoms. The van der Waals surface area contributed by atoms with Gasteiger partial charge in [-0.05, 0) is 30.7 Å². The summed E-state index contributed by atoms with van der Waals surface area (Å²) in [4.78, 5) is 22.1. The number of methoxy groups -OCH3 is 2. The summed E-state index contributed by atoms with van der Waals surface area (Å²) >= 11 is 0. The molecule has 0 fully saturated rings. The summed E-state index contributed by atoms with van der Waals surface area (Å²) in [5, 5.41) is 15.8. The van der Waals surface area contributed by atoms with Crippen LogP contribution in [0.4, 0.5) is 0 Å². The first kappa shape index (κ1) is 17.1. The molecule has 0 amide bonds. The third-order valence-electron chi connectivity index (χ3n) is 2.04. The lowest BCUT2D eigenvalue weighted by Crippen LogP contribution is -2.04. The molecule has 2 N–H and O–H groups in total. The summed E-state index contributed by atoms with van der Waals surface area (Å²) in [5.41, 5.74) is 0.806. The van der Waals surface area contributed by atoms with Gasteiger partial charge in [0.25, 0.3) is 0 Å². The Hall–Kier alpha value is -1.92. The lowest BCUT2D eigenvalue weighted by Gasteiger charge is -2.00. The predicted molar refractivity (Wildman–Crippen MR) is 67.9 cm³/mol. The van der Waals surface area contributed by atoms with Crippen molar-refractivity contribution in [3.05, 3.63) is 35.4 Å². The fourth-order valence-corrected chi connectivity index (χ4v) is 1.05. The molecule has 0 aromatic heterocycles. The Balaban J connectivity index is 0.000000555. The molecule has 6 heteroatoms. The SMILES string of the molecule is COC(=O)c1ccc(C(=O)OC)cc1.OCCCO. The van der Waals surface area contributed by atoms with Crippen molar-refractivity contribution in [3.63, 3.8) is 0 Å². The molecule has 1 rings (SSSR count). The number of carbonyl (C=O) groups excluding carboxylic acids is 2. The lowest BCUT2D eigenvalue weighted by atomic mass is 10.1. The predicted octanol–water partition coefficient (Wildman–Crippen LogP) is 0.621. The fourth-order valence-electron chi connectivity index (χ4n) is 1.05. The summed E-state index contributed by atoms with van der Waals surface area (Å²) < 4.78 is 9.02. The number of ether oxygens (including phenoxy) is 2. The maximum atomic E-state index is 11.0. The third kappa shape index (κ3) is 6.54. The minimum atomic E-state index is -0.429. The number of esters is 2. The van der Waals surface area contributed by atoms with Crippen molar-refractivity contribution in [2.45, 2.75) is 6.42 Å². The van der Waals surface area contributed by atoms with Crippen LogP contribution in [0, 0.1) is 0 Å². The molecule has 6 nitrogen and oxygen atoms in total. The molecular formula is C13H18O6. The zero-order valence-electron chi connectivity index (χ0n) is 11.0. The van der Waals surface area contributed by atoms with Gasteiger partial charge in [-0.15, -0.1) is 0 Å². The Morgan fingerprint density at radius 1 is 0.895 bits per heavy atom. The van der Waals surface area contributed by atoms with E-state index in [1.54, 1.807) is 0 Å². The van der Waals surface area contributed by atoms with E-state index < -0.39 is 11.9 Å². The van der Waals surface area contributed by atoms with E-state index in [0.29, 0.717) is 17.5 Å². The Morgan fingerprint density at radius 2 is 1.21 bits per heavy atom. The molecule has 0 aliphatic rings. The Morgan fingerprint density at radius 3 is 1.37 bits per heavy atom. The van der Waals surface area contributed by atoms with E-state index >= 15 is 0 Å². The van der Waals surface area contributed by atoms with Crippen LogP contribution in [-0.4, -0.2) is 49.6 Å². The number of hydrogen-bond acceptors (Lipinski definition) is 6. The van der Waals surface area contributed by atoms with Gasteiger partial charge >= 0.3 is 11.9 Å². The molecule has 106 valence electrons. The maximum Gasteiger partial charge on any atom is 0.337 e. The van der Waals surface area contributed by atoms with Gasteiger partial charge in [-0.1, -0.05) is 0 Å². The highest BCUT2D eigenvalue weighted by Crippen LogP contribution is 2.06. The quantitative estimate of drug-likeness (QED) is 0.779. The van der Waals surface area contributed by atoms with Crippen LogP contribution in [0.3, 0.4) is 0 Å². The van der Waals surface area contributed by atoms with Crippen molar-refractivity contribution in [2.24, 2.45) is 0 Å². The molecule has 0 heterocycles. The van der Waals surface area contributed by atoms with Crippen LogP contribution in [0.2, 0.25) is 0 Å². The normalized spacial score (nSPS) is 9.05. The molecule has 1 aromatic rings. The van der Waals surface area contributed by atoms with Crippen molar-refractivity contribution in [1.29, 1.82) is 0 Å². The second-order valence-electron chi connectivity index (χ2n) is 3.36. The molecule has 1 aromatic carbocycles. The van der Waals surface area contributed by atoms with Gasteiger partial charge in [0.1, 0.15) is 0 Å². The topological polar surface area (TPSA) is 93.1 Å². The van der Waals surface area contributed by atoms with E-state index in [0.717, 1.165) is 0 Å². The number of aliphatic hydroxyl groups is 2. The average Bonchev–Trinajstić information content (AvgIpc) is 2.47. The molecule has 0 bridgehead atoms. The fraction of sp³-hybridized carbons (Fsp3) is 0.385. The highest BCUT2D eigenvalue weighted by atomic mass is 16.5. The first-order valence-electron chi connectivity index (χ1n) is 5.59. The van der Waals surface area contributed by atoms with Gasteiger partial charge in [0.2, 0.25) is 0 Å².